The summed E-state index contributed by atoms with van der Waals surface area (Å²) in [7, 11) is 0. The summed E-state index contributed by atoms with van der Waals surface area (Å²) in [5.41, 5.74) is 10.5. The molecule has 0 saturated carbocycles. The maximum atomic E-state index is 13.6. The number of carbonyl (C=O) groups excluding carboxylic acids is 7. The molecular formula is C60H70N12O9. The second-order valence-corrected chi connectivity index (χ2v) is 20.9. The van der Waals surface area contributed by atoms with Crippen molar-refractivity contribution in [1.29, 1.82) is 0 Å². The highest BCUT2D eigenvalue weighted by atomic mass is 16.3. The Morgan fingerprint density at radius 3 is 1.33 bits per heavy atom. The Hall–Kier alpha value is -9.01. The first-order valence-corrected chi connectivity index (χ1v) is 27.8. The maximum absolute atomic E-state index is 13.6. The number of guanidine groups is 2. The SMILES string of the molecule is CC(=O)Nc1ccc(C(=O)NC(=N[C@H]2CCCCN(CC(=O)N3CCCC3)C2=O)Nc2ccc3oc(C)cc3c2)cc1.Cc1cc2cc(NC(=N[C@H]3CCCCN(CC(=O)N4CCCC4)C3=O)NC(=O)c3ccc(N)cc3)ccc2o1. The lowest BCUT2D eigenvalue weighted by Gasteiger charge is -2.25. The zero-order chi connectivity index (χ0) is 57.0. The number of hydrogen-bond acceptors (Lipinski definition) is 12. The lowest BCUT2D eigenvalue weighted by Crippen LogP contribution is -2.45. The Morgan fingerprint density at radius 2 is 0.914 bits per heavy atom. The van der Waals surface area contributed by atoms with Crippen molar-refractivity contribution in [2.45, 2.75) is 97.1 Å². The zero-order valence-electron chi connectivity index (χ0n) is 46.1. The van der Waals surface area contributed by atoms with Crippen LogP contribution >= 0.6 is 0 Å². The van der Waals surface area contributed by atoms with E-state index in [2.05, 4.69) is 26.6 Å². The van der Waals surface area contributed by atoms with E-state index < -0.39 is 18.0 Å². The smallest absolute Gasteiger partial charge is 0.257 e. The third-order valence-electron chi connectivity index (χ3n) is 14.6. The standard InChI is InChI=1S/C31H36N6O5.C29H34N6O4/c1-20-17-23-18-25(12-13-27(23)42-20)33-31(35-29(40)22-8-10-24(11-9-22)32-21(2)38)34-26-7-3-4-16-37(30(26)41)19-28(39)36-14-5-6-15-36;1-19-16-21-17-23(11-12-25(21)39-19)31-29(33-27(37)20-7-9-22(30)10-8-20)32-24-6-2-3-15-35(28(24)38)18-26(36)34-13-4-5-14-34/h8-13,17-18,26H,3-7,14-16,19H2,1-2H3,(H,32,38)(H2,33,34,35,40);7-12,16-17,24H,2-6,13-15,18,30H2,1H3,(H2,31,32,33,37)/t26-;24-/m00/s1. The molecule has 6 aromatic rings. The van der Waals surface area contributed by atoms with Crippen molar-refractivity contribution in [3.8, 4) is 0 Å². The van der Waals surface area contributed by atoms with Gasteiger partial charge in [-0.2, -0.15) is 0 Å². The van der Waals surface area contributed by atoms with Crippen LogP contribution in [0, 0.1) is 13.8 Å². The number of aryl methyl sites for hydroxylation is 2. The number of nitrogen functional groups attached to an aromatic ring is 1. The normalized spacial score (nSPS) is 18.0. The second kappa shape index (κ2) is 26.3. The van der Waals surface area contributed by atoms with Gasteiger partial charge in [0.1, 0.15) is 34.8 Å². The van der Waals surface area contributed by atoms with Gasteiger partial charge in [-0.3, -0.25) is 44.2 Å². The summed E-state index contributed by atoms with van der Waals surface area (Å²) < 4.78 is 11.3. The minimum Gasteiger partial charge on any atom is -0.461 e. The molecule has 0 aliphatic carbocycles. The fraction of sp³-hybridized carbons (Fsp3) is 0.383. The van der Waals surface area contributed by atoms with Gasteiger partial charge >= 0.3 is 0 Å². The third-order valence-corrected chi connectivity index (χ3v) is 14.6. The summed E-state index contributed by atoms with van der Waals surface area (Å²) in [5.74, 6) is 0.324. The van der Waals surface area contributed by atoms with Crippen LogP contribution in [0.25, 0.3) is 21.9 Å². The lowest BCUT2D eigenvalue weighted by molar-refractivity contribution is -0.140. The van der Waals surface area contributed by atoms with Gasteiger partial charge in [0.2, 0.25) is 41.5 Å². The van der Waals surface area contributed by atoms with Crippen LogP contribution in [0.1, 0.15) is 103 Å². The van der Waals surface area contributed by atoms with Crippen molar-refractivity contribution in [1.82, 2.24) is 30.2 Å². The Bertz CT molecular complexity index is 3340. The first-order chi connectivity index (χ1) is 39.1. The van der Waals surface area contributed by atoms with Crippen molar-refractivity contribution in [2.75, 3.05) is 74.0 Å². The quantitative estimate of drug-likeness (QED) is 0.0420. The van der Waals surface area contributed by atoms with Gasteiger partial charge in [-0.1, -0.05) is 0 Å². The number of nitrogens with one attached hydrogen (secondary N) is 5. The molecule has 4 saturated heterocycles. The first kappa shape index (κ1) is 56.7. The molecule has 424 valence electrons. The van der Waals surface area contributed by atoms with Gasteiger partial charge in [0, 0.05) is 90.8 Å². The third kappa shape index (κ3) is 15.2. The number of anilines is 4. The predicted molar refractivity (Wildman–Crippen MR) is 311 cm³/mol. The number of benzene rings is 4. The first-order valence-electron chi connectivity index (χ1n) is 27.8. The van der Waals surface area contributed by atoms with Crippen molar-refractivity contribution >= 4 is 98.0 Å². The monoisotopic (exact) mass is 1100 g/mol. The zero-order valence-corrected chi connectivity index (χ0v) is 46.1. The van der Waals surface area contributed by atoms with E-state index >= 15 is 0 Å². The molecule has 0 unspecified atom stereocenters. The lowest BCUT2D eigenvalue weighted by atomic mass is 10.1. The van der Waals surface area contributed by atoms with Crippen molar-refractivity contribution in [2.24, 2.45) is 9.98 Å². The molecule has 2 aromatic heterocycles. The molecule has 6 heterocycles. The van der Waals surface area contributed by atoms with Crippen LogP contribution in [0.3, 0.4) is 0 Å². The van der Waals surface area contributed by atoms with Gasteiger partial charge in [0.25, 0.3) is 11.8 Å². The van der Waals surface area contributed by atoms with Crippen LogP contribution in [0.15, 0.2) is 116 Å². The molecule has 4 fully saturated rings. The number of carbonyl (C=O) groups is 7. The van der Waals surface area contributed by atoms with Gasteiger partial charge < -0.3 is 50.1 Å². The predicted octanol–water partition coefficient (Wildman–Crippen LogP) is 7.43. The Balaban J connectivity index is 0.000000196. The van der Waals surface area contributed by atoms with Crippen molar-refractivity contribution in [3.63, 3.8) is 0 Å². The maximum Gasteiger partial charge on any atom is 0.257 e. The topological polar surface area (TPSA) is 270 Å². The number of nitrogens with two attached hydrogens (primary N) is 1. The van der Waals surface area contributed by atoms with E-state index in [9.17, 15) is 33.6 Å². The van der Waals surface area contributed by atoms with E-state index in [1.165, 1.54) is 6.92 Å². The fourth-order valence-corrected chi connectivity index (χ4v) is 10.4. The molecule has 0 spiro atoms. The highest BCUT2D eigenvalue weighted by Gasteiger charge is 2.32. The molecule has 7 N–H and O–H groups in total. The molecule has 4 aromatic carbocycles. The number of nitrogens with zero attached hydrogens (tertiary/aromatic N) is 6. The molecule has 21 heteroatoms. The number of furan rings is 2. The summed E-state index contributed by atoms with van der Waals surface area (Å²) >= 11 is 0. The fourth-order valence-electron chi connectivity index (χ4n) is 10.4. The number of rotatable bonds is 11. The summed E-state index contributed by atoms with van der Waals surface area (Å²) in [6, 6.07) is 26.5. The minimum atomic E-state index is -0.760. The highest BCUT2D eigenvalue weighted by molar-refractivity contribution is 6.12. The van der Waals surface area contributed by atoms with Gasteiger partial charge in [-0.15, -0.1) is 0 Å². The van der Waals surface area contributed by atoms with E-state index in [1.807, 2.05) is 72.2 Å². The molecule has 2 atom stereocenters. The van der Waals surface area contributed by atoms with E-state index in [4.69, 9.17) is 24.6 Å². The van der Waals surface area contributed by atoms with Crippen LogP contribution in [0.2, 0.25) is 0 Å². The Labute approximate surface area is 469 Å². The molecule has 81 heavy (non-hydrogen) atoms. The van der Waals surface area contributed by atoms with Crippen LogP contribution in [-0.2, 0) is 24.0 Å². The summed E-state index contributed by atoms with van der Waals surface area (Å²) in [5, 5.41) is 16.5. The van der Waals surface area contributed by atoms with Crippen molar-refractivity contribution in [3.05, 3.63) is 120 Å². The largest absolute Gasteiger partial charge is 0.461 e. The molecule has 4 aliphatic heterocycles. The molecule has 10 rings (SSSR count). The highest BCUT2D eigenvalue weighted by Crippen LogP contribution is 2.26. The van der Waals surface area contributed by atoms with Crippen LogP contribution in [0.4, 0.5) is 22.7 Å². The van der Waals surface area contributed by atoms with E-state index in [0.717, 1.165) is 111 Å². The average Bonchev–Trinajstić information content (AvgIpc) is 4.30. The average molecular weight is 1100 g/mol. The molecule has 21 nitrogen and oxygen atoms in total. The second-order valence-electron chi connectivity index (χ2n) is 20.9. The van der Waals surface area contributed by atoms with Crippen LogP contribution < -0.4 is 32.3 Å². The van der Waals surface area contributed by atoms with Gasteiger partial charge in [0.05, 0.1) is 13.1 Å². The number of hydrogen-bond donors (Lipinski definition) is 6. The van der Waals surface area contributed by atoms with Crippen molar-refractivity contribution < 1.29 is 42.4 Å². The van der Waals surface area contributed by atoms with E-state index in [1.54, 1.807) is 58.3 Å². The van der Waals surface area contributed by atoms with Gasteiger partial charge in [0.15, 0.2) is 0 Å². The molecule has 0 bridgehead atoms. The summed E-state index contributed by atoms with van der Waals surface area (Å²) in [6.45, 7) is 9.22. The Morgan fingerprint density at radius 1 is 0.519 bits per heavy atom. The Kier molecular flexibility index (Phi) is 18.4. The van der Waals surface area contributed by atoms with Gasteiger partial charge in [-0.25, -0.2) is 9.98 Å². The number of amides is 7. The number of aliphatic imine (C=N–C) groups is 2. The van der Waals surface area contributed by atoms with E-state index in [-0.39, 0.29) is 60.5 Å². The molecule has 4 aliphatic rings. The number of likely N-dealkylation sites (tertiary alicyclic amines) is 4. The van der Waals surface area contributed by atoms with Crippen LogP contribution in [0.5, 0.6) is 0 Å². The summed E-state index contributed by atoms with van der Waals surface area (Å²) in [6.07, 6.45) is 8.12. The van der Waals surface area contributed by atoms with Gasteiger partial charge in [-0.05, 0) is 175 Å². The molecule has 0 radical (unpaired) electrons. The minimum absolute atomic E-state index is 0.0239. The number of fused-ring (bicyclic) bond motifs is 2. The molecule has 7 amide bonds. The summed E-state index contributed by atoms with van der Waals surface area (Å²) in [4.78, 5) is 107. The molecular weight excluding hydrogens is 1030 g/mol. The van der Waals surface area contributed by atoms with E-state index in [0.29, 0.717) is 59.8 Å². The van der Waals surface area contributed by atoms with Crippen LogP contribution in [-0.4, -0.2) is 137 Å².